The summed E-state index contributed by atoms with van der Waals surface area (Å²) < 4.78 is 32.5. The molecule has 1 aliphatic rings. The Bertz CT molecular complexity index is 897. The molecule has 0 spiro atoms. The van der Waals surface area contributed by atoms with Gasteiger partial charge < -0.3 is 14.5 Å². The molecule has 0 bridgehead atoms. The molecule has 7 heteroatoms. The summed E-state index contributed by atoms with van der Waals surface area (Å²) in [4.78, 5) is 21.7. The van der Waals surface area contributed by atoms with E-state index >= 15 is 0 Å². The minimum atomic E-state index is -3.60. The van der Waals surface area contributed by atoms with Crippen LogP contribution >= 0.6 is 14.7 Å². The fourth-order valence-corrected chi connectivity index (χ4v) is 9.21. The van der Waals surface area contributed by atoms with Crippen molar-refractivity contribution >= 4 is 25.3 Å². The molecule has 2 aromatic rings. The van der Waals surface area contributed by atoms with Crippen LogP contribution in [0.5, 0.6) is 0 Å². The summed E-state index contributed by atoms with van der Waals surface area (Å²) in [6.45, 7) is 7.40. The van der Waals surface area contributed by atoms with Crippen LogP contribution in [0.15, 0.2) is 36.4 Å². The Hall–Kier alpha value is -1.22. The predicted molar refractivity (Wildman–Crippen MR) is 123 cm³/mol. The highest BCUT2D eigenvalue weighted by Crippen LogP contribution is 2.47. The van der Waals surface area contributed by atoms with Gasteiger partial charge in [0.15, 0.2) is 0 Å². The van der Waals surface area contributed by atoms with E-state index in [-0.39, 0.29) is 12.3 Å². The summed E-state index contributed by atoms with van der Waals surface area (Å²) in [5, 5.41) is 1.03. The first-order valence-corrected chi connectivity index (χ1v) is 14.1. The van der Waals surface area contributed by atoms with Gasteiger partial charge in [0.1, 0.15) is 0 Å². The number of hydrogen-bond donors (Lipinski definition) is 2. The maximum absolute atomic E-state index is 13.2. The van der Waals surface area contributed by atoms with Gasteiger partial charge in [-0.3, -0.25) is 9.13 Å². The van der Waals surface area contributed by atoms with Crippen molar-refractivity contribution in [1.82, 2.24) is 0 Å². The zero-order chi connectivity index (χ0) is 22.1. The minimum absolute atomic E-state index is 0.0360. The maximum atomic E-state index is 13.2. The van der Waals surface area contributed by atoms with E-state index in [2.05, 4.69) is 0 Å². The third kappa shape index (κ3) is 5.15. The van der Waals surface area contributed by atoms with Crippen molar-refractivity contribution in [3.8, 4) is 0 Å². The first-order chi connectivity index (χ1) is 14.0. The molecular formula is C23H32O5P2. The van der Waals surface area contributed by atoms with Gasteiger partial charge in [-0.1, -0.05) is 36.4 Å². The van der Waals surface area contributed by atoms with Crippen LogP contribution in [0, 0.1) is 27.7 Å². The lowest BCUT2D eigenvalue weighted by Crippen LogP contribution is -2.35. The van der Waals surface area contributed by atoms with E-state index in [0.29, 0.717) is 23.5 Å². The summed E-state index contributed by atoms with van der Waals surface area (Å²) in [6.07, 6.45) is 1.47. The quantitative estimate of drug-likeness (QED) is 0.640. The number of ether oxygens (including phenoxy) is 1. The Labute approximate surface area is 179 Å². The Morgan fingerprint density at radius 1 is 0.767 bits per heavy atom. The molecule has 0 aliphatic carbocycles. The highest BCUT2D eigenvalue weighted by atomic mass is 31.2. The Morgan fingerprint density at radius 2 is 1.10 bits per heavy atom. The molecule has 2 N–H and O–H groups in total. The molecule has 4 unspecified atom stereocenters. The SMILES string of the molecule is Cc1cccc(C)c1P(=O)(O)CC1CCCC(CP(=O)(O)c2c(C)cccc2C)O1. The Morgan fingerprint density at radius 3 is 1.43 bits per heavy atom. The molecular weight excluding hydrogens is 418 g/mol. The second-order valence-electron chi connectivity index (χ2n) is 8.56. The fourth-order valence-electron chi connectivity index (χ4n) is 4.70. The third-order valence-electron chi connectivity index (χ3n) is 5.92. The largest absolute Gasteiger partial charge is 0.374 e. The average molecular weight is 450 g/mol. The molecule has 1 aliphatic heterocycles. The van der Waals surface area contributed by atoms with E-state index in [0.717, 1.165) is 28.7 Å². The van der Waals surface area contributed by atoms with Gasteiger partial charge in [-0.05, 0) is 69.2 Å². The van der Waals surface area contributed by atoms with Gasteiger partial charge in [0.05, 0.1) is 24.5 Å². The van der Waals surface area contributed by atoms with Crippen molar-refractivity contribution < 1.29 is 23.7 Å². The van der Waals surface area contributed by atoms with E-state index in [1.54, 1.807) is 0 Å². The minimum Gasteiger partial charge on any atom is -0.374 e. The van der Waals surface area contributed by atoms with Gasteiger partial charge >= 0.3 is 0 Å². The summed E-state index contributed by atoms with van der Waals surface area (Å²) in [5.74, 6) is 0. The molecule has 164 valence electrons. The topological polar surface area (TPSA) is 83.8 Å². The van der Waals surface area contributed by atoms with Gasteiger partial charge in [0.2, 0.25) is 14.7 Å². The van der Waals surface area contributed by atoms with Crippen molar-refractivity contribution in [2.45, 2.75) is 59.2 Å². The number of benzene rings is 2. The maximum Gasteiger partial charge on any atom is 0.232 e. The van der Waals surface area contributed by atoms with Crippen LogP contribution in [0.2, 0.25) is 0 Å². The fraction of sp³-hybridized carbons (Fsp3) is 0.478. The molecule has 0 radical (unpaired) electrons. The van der Waals surface area contributed by atoms with Crippen LogP contribution in [-0.4, -0.2) is 34.3 Å². The van der Waals surface area contributed by atoms with Crippen LogP contribution < -0.4 is 10.6 Å². The molecule has 0 saturated carbocycles. The van der Waals surface area contributed by atoms with Crippen LogP contribution in [-0.2, 0) is 13.9 Å². The lowest BCUT2D eigenvalue weighted by molar-refractivity contribution is -0.0271. The van der Waals surface area contributed by atoms with Crippen molar-refractivity contribution in [3.63, 3.8) is 0 Å². The van der Waals surface area contributed by atoms with Gasteiger partial charge in [-0.2, -0.15) is 0 Å². The normalized spacial score (nSPS) is 23.5. The van der Waals surface area contributed by atoms with E-state index in [1.165, 1.54) is 0 Å². The zero-order valence-corrected chi connectivity index (χ0v) is 20.0. The second kappa shape index (κ2) is 9.10. The predicted octanol–water partition coefficient (Wildman–Crippen LogP) is 4.35. The van der Waals surface area contributed by atoms with Crippen LogP contribution in [0.4, 0.5) is 0 Å². The molecule has 5 nitrogen and oxygen atoms in total. The Balaban J connectivity index is 1.74. The molecule has 0 amide bonds. The van der Waals surface area contributed by atoms with E-state index < -0.39 is 26.9 Å². The lowest BCUT2D eigenvalue weighted by atomic mass is 10.1. The van der Waals surface area contributed by atoms with Crippen molar-refractivity contribution in [2.24, 2.45) is 0 Å². The first-order valence-electron chi connectivity index (χ1n) is 10.4. The van der Waals surface area contributed by atoms with E-state index in [1.807, 2.05) is 64.1 Å². The first kappa shape index (κ1) is 23.4. The summed E-state index contributed by atoms with van der Waals surface area (Å²) in [5.41, 5.74) is 3.23. The van der Waals surface area contributed by atoms with Crippen molar-refractivity contribution in [3.05, 3.63) is 58.7 Å². The molecule has 1 fully saturated rings. The molecule has 3 rings (SSSR count). The number of hydrogen-bond acceptors (Lipinski definition) is 3. The van der Waals surface area contributed by atoms with Crippen LogP contribution in [0.3, 0.4) is 0 Å². The molecule has 0 aromatic heterocycles. The Kier molecular flexibility index (Phi) is 7.11. The molecule has 4 atom stereocenters. The summed E-state index contributed by atoms with van der Waals surface area (Å²) in [7, 11) is -7.19. The van der Waals surface area contributed by atoms with Crippen LogP contribution in [0.25, 0.3) is 0 Å². The van der Waals surface area contributed by atoms with E-state index in [9.17, 15) is 18.9 Å². The highest BCUT2D eigenvalue weighted by molar-refractivity contribution is 7.66. The standard InChI is InChI=1S/C23H32O5P2/c1-16-8-5-9-17(2)22(16)29(24,25)14-20-12-7-13-21(28-20)15-30(26,27)23-18(3)10-6-11-19(23)4/h5-6,8-11,20-21H,7,12-15H2,1-4H3,(H,24,25)(H,26,27). The third-order valence-corrected chi connectivity index (χ3v) is 10.5. The van der Waals surface area contributed by atoms with E-state index in [4.69, 9.17) is 4.74 Å². The highest BCUT2D eigenvalue weighted by Gasteiger charge is 2.36. The van der Waals surface area contributed by atoms with Crippen molar-refractivity contribution in [2.75, 3.05) is 12.3 Å². The van der Waals surface area contributed by atoms with Crippen molar-refractivity contribution in [1.29, 1.82) is 0 Å². The van der Waals surface area contributed by atoms with Gasteiger partial charge in [0.25, 0.3) is 0 Å². The molecule has 1 heterocycles. The molecule has 1 saturated heterocycles. The monoisotopic (exact) mass is 450 g/mol. The summed E-state index contributed by atoms with van der Waals surface area (Å²) >= 11 is 0. The molecule has 30 heavy (non-hydrogen) atoms. The average Bonchev–Trinajstić information content (AvgIpc) is 2.60. The van der Waals surface area contributed by atoms with Gasteiger partial charge in [-0.15, -0.1) is 0 Å². The van der Waals surface area contributed by atoms with Crippen LogP contribution in [0.1, 0.15) is 41.5 Å². The lowest BCUT2D eigenvalue weighted by Gasteiger charge is -2.33. The smallest absolute Gasteiger partial charge is 0.232 e. The molecule has 2 aromatic carbocycles. The number of rotatable bonds is 6. The second-order valence-corrected chi connectivity index (χ2v) is 13.0. The summed E-state index contributed by atoms with van der Waals surface area (Å²) in [6, 6.07) is 11.2. The number of aryl methyl sites for hydroxylation is 4. The van der Waals surface area contributed by atoms with Gasteiger partial charge in [0, 0.05) is 10.6 Å². The zero-order valence-electron chi connectivity index (χ0n) is 18.2. The van der Waals surface area contributed by atoms with Gasteiger partial charge in [-0.25, -0.2) is 0 Å².